The third kappa shape index (κ3) is 4.58. The maximum Gasteiger partial charge on any atom is 0.325 e. The fourth-order valence-electron chi connectivity index (χ4n) is 1.02. The van der Waals surface area contributed by atoms with Crippen molar-refractivity contribution in [1.82, 2.24) is 5.32 Å². The number of amides is 3. The molecule has 0 aliphatic carbocycles. The summed E-state index contributed by atoms with van der Waals surface area (Å²) in [4.78, 5) is 22.3. The van der Waals surface area contributed by atoms with Gasteiger partial charge in [-0.1, -0.05) is 11.6 Å². The van der Waals surface area contributed by atoms with Crippen molar-refractivity contribution in [2.24, 2.45) is 0 Å². The number of urea groups is 1. The Morgan fingerprint density at radius 1 is 1.35 bits per heavy atom. The molecule has 0 aliphatic rings. The Balaban J connectivity index is 2.62. The van der Waals surface area contributed by atoms with Crippen LogP contribution < -0.4 is 10.6 Å². The summed E-state index contributed by atoms with van der Waals surface area (Å²) in [5, 5.41) is 4.45. The molecule has 0 aliphatic heterocycles. The van der Waals surface area contributed by atoms with Gasteiger partial charge in [-0.3, -0.25) is 10.1 Å². The Morgan fingerprint density at radius 3 is 2.71 bits per heavy atom. The second kappa shape index (κ2) is 6.42. The first-order valence-electron chi connectivity index (χ1n) is 4.65. The second-order valence-electron chi connectivity index (χ2n) is 3.07. The van der Waals surface area contributed by atoms with E-state index in [0.717, 1.165) is 12.1 Å². The zero-order valence-corrected chi connectivity index (χ0v) is 10.1. The molecule has 0 bridgehead atoms. The van der Waals surface area contributed by atoms with Gasteiger partial charge >= 0.3 is 6.03 Å². The van der Waals surface area contributed by atoms with Gasteiger partial charge in [0.2, 0.25) is 5.91 Å². The summed E-state index contributed by atoms with van der Waals surface area (Å²) in [6, 6.07) is 2.72. The summed E-state index contributed by atoms with van der Waals surface area (Å²) < 4.78 is 12.9. The zero-order valence-electron chi connectivity index (χ0n) is 8.60. The standard InChI is InChI=1S/C10H9Cl2FN2O2/c11-4-3-9(16)15-10(17)14-8-5-6(13)1-2-7(8)12/h1-2,5H,3-4H2,(H2,14,15,16,17). The first-order valence-corrected chi connectivity index (χ1v) is 5.56. The third-order valence-corrected chi connectivity index (χ3v) is 2.27. The van der Waals surface area contributed by atoms with Crippen LogP contribution in [0.5, 0.6) is 0 Å². The molecule has 7 heteroatoms. The Hall–Kier alpha value is -1.33. The highest BCUT2D eigenvalue weighted by molar-refractivity contribution is 6.33. The summed E-state index contributed by atoms with van der Waals surface area (Å²) in [5.41, 5.74) is 0.0860. The summed E-state index contributed by atoms with van der Waals surface area (Å²) in [6.45, 7) is 0. The van der Waals surface area contributed by atoms with Crippen molar-refractivity contribution in [3.63, 3.8) is 0 Å². The van der Waals surface area contributed by atoms with Crippen molar-refractivity contribution in [3.05, 3.63) is 29.0 Å². The molecule has 1 aromatic carbocycles. The fourth-order valence-corrected chi connectivity index (χ4v) is 1.36. The lowest BCUT2D eigenvalue weighted by molar-refractivity contribution is -0.119. The molecule has 2 N–H and O–H groups in total. The predicted octanol–water partition coefficient (Wildman–Crippen LogP) is 2.76. The topological polar surface area (TPSA) is 58.2 Å². The minimum Gasteiger partial charge on any atom is -0.306 e. The van der Waals surface area contributed by atoms with Gasteiger partial charge in [0.05, 0.1) is 10.7 Å². The van der Waals surface area contributed by atoms with E-state index in [1.165, 1.54) is 6.07 Å². The third-order valence-electron chi connectivity index (χ3n) is 1.75. The number of nitrogens with one attached hydrogen (secondary N) is 2. The monoisotopic (exact) mass is 278 g/mol. The largest absolute Gasteiger partial charge is 0.325 e. The van der Waals surface area contributed by atoms with E-state index in [9.17, 15) is 14.0 Å². The molecule has 0 saturated carbocycles. The maximum absolute atomic E-state index is 12.9. The first-order chi connectivity index (χ1) is 8.02. The molecule has 1 aromatic rings. The minimum absolute atomic E-state index is 0.0197. The lowest BCUT2D eigenvalue weighted by Gasteiger charge is -2.07. The number of hydrogen-bond donors (Lipinski definition) is 2. The molecular weight excluding hydrogens is 270 g/mol. The zero-order chi connectivity index (χ0) is 12.8. The van der Waals surface area contributed by atoms with E-state index >= 15 is 0 Å². The van der Waals surface area contributed by atoms with Gasteiger partial charge in [0, 0.05) is 12.3 Å². The van der Waals surface area contributed by atoms with Crippen LogP contribution in [0.3, 0.4) is 0 Å². The van der Waals surface area contributed by atoms with Crippen molar-refractivity contribution in [1.29, 1.82) is 0 Å². The molecule has 0 saturated heterocycles. The summed E-state index contributed by atoms with van der Waals surface area (Å²) in [6.07, 6.45) is 0.0197. The Kier molecular flexibility index (Phi) is 5.18. The van der Waals surface area contributed by atoms with Gasteiger partial charge < -0.3 is 5.32 Å². The molecule has 0 radical (unpaired) electrons. The van der Waals surface area contributed by atoms with Gasteiger partial charge in [-0.05, 0) is 18.2 Å². The van der Waals surface area contributed by atoms with Crippen molar-refractivity contribution in [3.8, 4) is 0 Å². The van der Waals surface area contributed by atoms with E-state index in [1.54, 1.807) is 0 Å². The molecule has 3 amide bonds. The molecule has 0 unspecified atom stereocenters. The highest BCUT2D eigenvalue weighted by Crippen LogP contribution is 2.22. The molecule has 0 spiro atoms. The van der Waals surface area contributed by atoms with Gasteiger partial charge in [0.25, 0.3) is 0 Å². The fraction of sp³-hybridized carbons (Fsp3) is 0.200. The summed E-state index contributed by atoms with van der Waals surface area (Å²) >= 11 is 11.0. The van der Waals surface area contributed by atoms with E-state index in [0.29, 0.717) is 0 Å². The molecule has 17 heavy (non-hydrogen) atoms. The van der Waals surface area contributed by atoms with Crippen molar-refractivity contribution in [2.75, 3.05) is 11.2 Å². The lowest BCUT2D eigenvalue weighted by Crippen LogP contribution is -2.34. The second-order valence-corrected chi connectivity index (χ2v) is 3.85. The van der Waals surface area contributed by atoms with Gasteiger partial charge in [0.1, 0.15) is 5.82 Å². The highest BCUT2D eigenvalue weighted by atomic mass is 35.5. The van der Waals surface area contributed by atoms with Crippen LogP contribution in [-0.4, -0.2) is 17.8 Å². The normalized spacial score (nSPS) is 9.82. The van der Waals surface area contributed by atoms with E-state index in [4.69, 9.17) is 23.2 Å². The average Bonchev–Trinajstić information content (AvgIpc) is 2.23. The quantitative estimate of drug-likeness (QED) is 0.836. The smallest absolute Gasteiger partial charge is 0.306 e. The average molecular weight is 279 g/mol. The van der Waals surface area contributed by atoms with Gasteiger partial charge in [-0.2, -0.15) is 0 Å². The Labute approximate surface area is 107 Å². The van der Waals surface area contributed by atoms with Gasteiger partial charge in [0.15, 0.2) is 0 Å². The highest BCUT2D eigenvalue weighted by Gasteiger charge is 2.09. The molecule has 0 fully saturated rings. The van der Waals surface area contributed by atoms with E-state index in [2.05, 4.69) is 5.32 Å². The van der Waals surface area contributed by atoms with Crippen LogP contribution >= 0.6 is 23.2 Å². The number of alkyl halides is 1. The molecular formula is C10H9Cl2FN2O2. The predicted molar refractivity (Wildman–Crippen MR) is 63.9 cm³/mol. The molecule has 92 valence electrons. The minimum atomic E-state index is -0.785. The van der Waals surface area contributed by atoms with Crippen LogP contribution in [0.4, 0.5) is 14.9 Å². The lowest BCUT2D eigenvalue weighted by atomic mass is 10.3. The number of carbonyl (C=O) groups excluding carboxylic acids is 2. The van der Waals surface area contributed by atoms with Crippen LogP contribution in [-0.2, 0) is 4.79 Å². The number of benzene rings is 1. The maximum atomic E-state index is 12.9. The summed E-state index contributed by atoms with van der Waals surface area (Å²) in [5.74, 6) is -0.957. The van der Waals surface area contributed by atoms with Crippen LogP contribution in [0.2, 0.25) is 5.02 Å². The van der Waals surface area contributed by atoms with Crippen LogP contribution in [0.15, 0.2) is 18.2 Å². The molecule has 4 nitrogen and oxygen atoms in total. The van der Waals surface area contributed by atoms with E-state index in [-0.39, 0.29) is 23.0 Å². The number of halogens is 3. The van der Waals surface area contributed by atoms with Crippen LogP contribution in [0.1, 0.15) is 6.42 Å². The van der Waals surface area contributed by atoms with Crippen LogP contribution in [0, 0.1) is 5.82 Å². The van der Waals surface area contributed by atoms with Crippen molar-refractivity contribution >= 4 is 40.8 Å². The molecule has 0 atom stereocenters. The van der Waals surface area contributed by atoms with Crippen molar-refractivity contribution < 1.29 is 14.0 Å². The van der Waals surface area contributed by atoms with E-state index in [1.807, 2.05) is 5.32 Å². The van der Waals surface area contributed by atoms with Crippen molar-refractivity contribution in [2.45, 2.75) is 6.42 Å². The van der Waals surface area contributed by atoms with Gasteiger partial charge in [-0.15, -0.1) is 11.6 Å². The number of rotatable bonds is 3. The summed E-state index contributed by atoms with van der Waals surface area (Å²) in [7, 11) is 0. The number of imide groups is 1. The molecule has 0 aromatic heterocycles. The van der Waals surface area contributed by atoms with Crippen LogP contribution in [0.25, 0.3) is 0 Å². The van der Waals surface area contributed by atoms with E-state index < -0.39 is 17.8 Å². The Morgan fingerprint density at radius 2 is 2.06 bits per heavy atom. The molecule has 1 rings (SSSR count). The number of carbonyl (C=O) groups is 2. The number of hydrogen-bond acceptors (Lipinski definition) is 2. The number of anilines is 1. The van der Waals surface area contributed by atoms with Gasteiger partial charge in [-0.25, -0.2) is 9.18 Å². The first kappa shape index (κ1) is 13.7. The Bertz CT molecular complexity index is 440. The SMILES string of the molecule is O=C(CCCl)NC(=O)Nc1cc(F)ccc1Cl. The molecule has 0 heterocycles.